The minimum atomic E-state index is -4.78. The number of phosphoric acid groups is 1. The van der Waals surface area contributed by atoms with Crippen LogP contribution in [0.5, 0.6) is 5.75 Å². The third-order valence-corrected chi connectivity index (χ3v) is 4.76. The van der Waals surface area contributed by atoms with Crippen molar-refractivity contribution in [3.8, 4) is 28.2 Å². The van der Waals surface area contributed by atoms with Crippen LogP contribution in [0.15, 0.2) is 69.9 Å². The largest absolute Gasteiger partial charge is 0.524 e. The molecule has 1 aliphatic carbocycles. The maximum absolute atomic E-state index is 11.8. The van der Waals surface area contributed by atoms with Crippen molar-refractivity contribution in [1.29, 1.82) is 0 Å². The Labute approximate surface area is 163 Å². The third kappa shape index (κ3) is 3.64. The molecule has 1 heterocycles. The molecule has 2 aromatic rings. The minimum absolute atomic E-state index is 0.0584. The van der Waals surface area contributed by atoms with E-state index in [1.807, 2.05) is 0 Å². The topological polar surface area (TPSA) is 134 Å². The van der Waals surface area contributed by atoms with Crippen LogP contribution in [-0.2, 0) is 4.57 Å². The van der Waals surface area contributed by atoms with E-state index in [1.165, 1.54) is 36.4 Å². The van der Waals surface area contributed by atoms with Crippen molar-refractivity contribution in [3.63, 3.8) is 0 Å². The molecule has 0 unspecified atom stereocenters. The molecule has 9 heteroatoms. The van der Waals surface area contributed by atoms with Crippen LogP contribution in [0.25, 0.3) is 33.4 Å². The summed E-state index contributed by atoms with van der Waals surface area (Å²) in [6.45, 7) is 0. The monoisotopic (exact) mass is 412 g/mol. The van der Waals surface area contributed by atoms with Gasteiger partial charge >= 0.3 is 13.8 Å². The molecule has 0 spiro atoms. The average Bonchev–Trinajstić information content (AvgIpc) is 2.64. The van der Waals surface area contributed by atoms with Crippen molar-refractivity contribution in [3.05, 3.63) is 76.5 Å². The van der Waals surface area contributed by atoms with E-state index in [9.17, 15) is 19.3 Å². The number of fused-ring (bicyclic) bond motifs is 2. The van der Waals surface area contributed by atoms with Gasteiger partial charge in [-0.05, 0) is 35.9 Å². The van der Waals surface area contributed by atoms with E-state index in [-0.39, 0.29) is 28.1 Å². The van der Waals surface area contributed by atoms with E-state index in [2.05, 4.69) is 4.52 Å². The number of carboxylic acids is 1. The highest BCUT2D eigenvalue weighted by Crippen LogP contribution is 2.44. The first-order valence-corrected chi connectivity index (χ1v) is 9.84. The molecule has 0 amide bonds. The van der Waals surface area contributed by atoms with E-state index in [0.29, 0.717) is 22.1 Å². The molecule has 29 heavy (non-hydrogen) atoms. The standard InChI is InChI=1S/C20H13O8P/c21-11-5-7-15-17(9-11)27-18-10-12(28-29(24,25)26)6-8-16(18)19(15)13-3-1-2-4-14(13)20(22)23/h1-10H,(H,22,23)(H2,24,25,26). The lowest BCUT2D eigenvalue weighted by Crippen LogP contribution is -2.03. The normalized spacial score (nSPS) is 11.7. The minimum Gasteiger partial charge on any atom is -0.478 e. The SMILES string of the molecule is O=C(O)c1ccccc1-c1c2ccc(=O)cc-2oc2cc(OP(=O)(O)O)ccc12. The Balaban J connectivity index is 2.10. The van der Waals surface area contributed by atoms with Gasteiger partial charge in [0.25, 0.3) is 0 Å². The summed E-state index contributed by atoms with van der Waals surface area (Å²) in [5.74, 6) is -1.05. The molecule has 0 bridgehead atoms. The molecule has 146 valence electrons. The van der Waals surface area contributed by atoms with Crippen LogP contribution < -0.4 is 9.95 Å². The first-order chi connectivity index (χ1) is 13.7. The van der Waals surface area contributed by atoms with Gasteiger partial charge in [-0.25, -0.2) is 9.36 Å². The molecular formula is C20H13O8P. The van der Waals surface area contributed by atoms with E-state index in [4.69, 9.17) is 14.2 Å². The zero-order chi connectivity index (χ0) is 20.8. The van der Waals surface area contributed by atoms with Crippen LogP contribution in [0.2, 0.25) is 0 Å². The van der Waals surface area contributed by atoms with E-state index < -0.39 is 13.8 Å². The molecule has 2 aliphatic rings. The summed E-state index contributed by atoms with van der Waals surface area (Å²) in [7, 11) is -4.78. The number of aromatic carboxylic acids is 1. The van der Waals surface area contributed by atoms with Gasteiger partial charge in [0, 0.05) is 28.6 Å². The Kier molecular flexibility index (Phi) is 4.47. The highest BCUT2D eigenvalue weighted by atomic mass is 31.2. The lowest BCUT2D eigenvalue weighted by atomic mass is 9.91. The molecule has 2 aromatic carbocycles. The van der Waals surface area contributed by atoms with Crippen LogP contribution in [0.4, 0.5) is 0 Å². The molecule has 0 saturated carbocycles. The molecule has 0 saturated heterocycles. The summed E-state index contributed by atoms with van der Waals surface area (Å²) in [5, 5.41) is 10.1. The second-order valence-corrected chi connectivity index (χ2v) is 7.39. The van der Waals surface area contributed by atoms with Gasteiger partial charge in [0.2, 0.25) is 0 Å². The fraction of sp³-hybridized carbons (Fsp3) is 0. The Bertz CT molecular complexity index is 1330. The number of carbonyl (C=O) groups is 1. The van der Waals surface area contributed by atoms with E-state index >= 15 is 0 Å². The van der Waals surface area contributed by atoms with Gasteiger partial charge in [-0.1, -0.05) is 18.2 Å². The second-order valence-electron chi connectivity index (χ2n) is 6.23. The summed E-state index contributed by atoms with van der Waals surface area (Å²) < 4.78 is 21.5. The fourth-order valence-corrected chi connectivity index (χ4v) is 3.61. The first-order valence-electron chi connectivity index (χ1n) is 8.31. The van der Waals surface area contributed by atoms with Gasteiger partial charge in [-0.15, -0.1) is 0 Å². The van der Waals surface area contributed by atoms with Crippen LogP contribution in [0.3, 0.4) is 0 Å². The van der Waals surface area contributed by atoms with Crippen LogP contribution in [-0.4, -0.2) is 20.9 Å². The van der Waals surface area contributed by atoms with Gasteiger partial charge in [0.15, 0.2) is 5.43 Å². The number of phosphoric ester groups is 1. The molecular weight excluding hydrogens is 399 g/mol. The Morgan fingerprint density at radius 3 is 2.45 bits per heavy atom. The first kappa shape index (κ1) is 18.9. The third-order valence-electron chi connectivity index (χ3n) is 4.32. The van der Waals surface area contributed by atoms with Crippen LogP contribution in [0, 0.1) is 0 Å². The molecule has 0 aromatic heterocycles. The average molecular weight is 412 g/mol. The van der Waals surface area contributed by atoms with Crippen LogP contribution >= 0.6 is 7.82 Å². The maximum Gasteiger partial charge on any atom is 0.524 e. The fourth-order valence-electron chi connectivity index (χ4n) is 3.22. The van der Waals surface area contributed by atoms with Crippen molar-refractivity contribution in [2.24, 2.45) is 0 Å². The quantitative estimate of drug-likeness (QED) is 0.341. The van der Waals surface area contributed by atoms with Crippen molar-refractivity contribution >= 4 is 24.8 Å². The zero-order valence-electron chi connectivity index (χ0n) is 14.6. The van der Waals surface area contributed by atoms with Crippen molar-refractivity contribution in [1.82, 2.24) is 0 Å². The number of rotatable bonds is 4. The molecule has 3 N–H and O–H groups in total. The van der Waals surface area contributed by atoms with Gasteiger partial charge in [-0.3, -0.25) is 14.6 Å². The molecule has 1 aliphatic heterocycles. The Morgan fingerprint density at radius 1 is 0.966 bits per heavy atom. The second kappa shape index (κ2) is 6.86. The summed E-state index contributed by atoms with van der Waals surface area (Å²) in [6, 6.07) is 14.7. The number of hydrogen-bond acceptors (Lipinski definition) is 5. The van der Waals surface area contributed by atoms with Crippen molar-refractivity contribution in [2.45, 2.75) is 0 Å². The van der Waals surface area contributed by atoms with Gasteiger partial charge in [0.05, 0.1) is 5.56 Å². The zero-order valence-corrected chi connectivity index (χ0v) is 15.5. The lowest BCUT2D eigenvalue weighted by molar-refractivity contribution is 0.0697. The Hall–Kier alpha value is -3.45. The maximum atomic E-state index is 11.8. The predicted molar refractivity (Wildman–Crippen MR) is 104 cm³/mol. The summed E-state index contributed by atoms with van der Waals surface area (Å²) in [6.07, 6.45) is 0. The van der Waals surface area contributed by atoms with Crippen LogP contribution in [0.1, 0.15) is 10.4 Å². The predicted octanol–water partition coefficient (Wildman–Crippen LogP) is 3.73. The summed E-state index contributed by atoms with van der Waals surface area (Å²) >= 11 is 0. The molecule has 8 nitrogen and oxygen atoms in total. The molecule has 0 fully saturated rings. The van der Waals surface area contributed by atoms with E-state index in [1.54, 1.807) is 24.3 Å². The summed E-state index contributed by atoms with van der Waals surface area (Å²) in [5.41, 5.74) is 1.37. The molecule has 4 rings (SSSR count). The highest BCUT2D eigenvalue weighted by Gasteiger charge is 2.22. The number of carboxylic acid groups (broad SMARTS) is 1. The van der Waals surface area contributed by atoms with Gasteiger partial charge in [-0.2, -0.15) is 0 Å². The van der Waals surface area contributed by atoms with Crippen molar-refractivity contribution in [2.75, 3.05) is 0 Å². The summed E-state index contributed by atoms with van der Waals surface area (Å²) in [4.78, 5) is 41.6. The lowest BCUT2D eigenvalue weighted by Gasteiger charge is -2.17. The number of hydrogen-bond donors (Lipinski definition) is 3. The molecule has 0 atom stereocenters. The van der Waals surface area contributed by atoms with Crippen molar-refractivity contribution < 1.29 is 33.2 Å². The number of benzene rings is 3. The van der Waals surface area contributed by atoms with E-state index in [0.717, 1.165) is 0 Å². The highest BCUT2D eigenvalue weighted by molar-refractivity contribution is 7.46. The Morgan fingerprint density at radius 2 is 1.72 bits per heavy atom. The van der Waals surface area contributed by atoms with Gasteiger partial charge < -0.3 is 14.0 Å². The molecule has 0 radical (unpaired) electrons. The smallest absolute Gasteiger partial charge is 0.478 e. The van der Waals surface area contributed by atoms with Gasteiger partial charge in [0.1, 0.15) is 17.1 Å².